The molecule has 0 aliphatic rings. The van der Waals surface area contributed by atoms with Crippen molar-refractivity contribution in [2.45, 2.75) is 0 Å². The number of benzene rings is 9. The second kappa shape index (κ2) is 11.8. The van der Waals surface area contributed by atoms with E-state index in [9.17, 15) is 0 Å². The molecule has 0 atom stereocenters. The molecule has 9 aromatic carbocycles. The molecule has 0 fully saturated rings. The van der Waals surface area contributed by atoms with Crippen LogP contribution in [0.4, 0.5) is 0 Å². The van der Waals surface area contributed by atoms with Crippen LogP contribution in [0.1, 0.15) is 0 Å². The fraction of sp³-hybridized carbons (Fsp3) is 0. The maximum Gasteiger partial charge on any atom is 0.0634 e. The third kappa shape index (κ3) is 4.54. The number of rotatable bonds is 4. The van der Waals surface area contributed by atoms with E-state index in [0.29, 0.717) is 0 Å². The summed E-state index contributed by atoms with van der Waals surface area (Å²) in [6, 6.07) is 71.4. The van der Waals surface area contributed by atoms with Crippen LogP contribution in [0, 0.1) is 0 Å². The molecule has 256 valence electrons. The topological polar surface area (TPSA) is 9.86 Å². The second-order valence-corrected chi connectivity index (χ2v) is 15.6. The molecule has 3 heteroatoms. The van der Waals surface area contributed by atoms with E-state index < -0.39 is 0 Å². The standard InChI is InChI=1S/C52H32N2S/c1-2-11-33(12-3-1)34-21-25-38(26-22-34)53-47-28-23-37(32-44(47)41-27-30-50-51(52(41)53)42-17-7-9-20-49(42)55-50)36-24-29-48-43(31-36)40-16-6-8-18-46(40)54(48)45-19-10-14-35-13-4-5-15-39(35)45/h1-32H. The van der Waals surface area contributed by atoms with Crippen LogP contribution in [-0.4, -0.2) is 9.13 Å². The SMILES string of the molecule is c1ccc(-c2ccc(-n3c4ccc(-c5ccc6c(c5)c5ccccc5n6-c5cccc6ccccc56)cc4c4ccc5sc6ccccc6c5c43)cc2)cc1. The van der Waals surface area contributed by atoms with E-state index in [2.05, 4.69) is 203 Å². The molecule has 0 radical (unpaired) electrons. The van der Waals surface area contributed by atoms with Crippen LogP contribution in [0.5, 0.6) is 0 Å². The highest BCUT2D eigenvalue weighted by atomic mass is 32.1. The lowest BCUT2D eigenvalue weighted by Gasteiger charge is -2.12. The molecule has 12 rings (SSSR count). The zero-order valence-corrected chi connectivity index (χ0v) is 30.6. The maximum absolute atomic E-state index is 2.49. The van der Waals surface area contributed by atoms with Gasteiger partial charge in [0.15, 0.2) is 0 Å². The molecule has 0 saturated heterocycles. The number of thiophene rings is 1. The van der Waals surface area contributed by atoms with Crippen molar-refractivity contribution in [1.29, 1.82) is 0 Å². The number of hydrogen-bond acceptors (Lipinski definition) is 1. The van der Waals surface area contributed by atoms with Gasteiger partial charge < -0.3 is 9.13 Å². The van der Waals surface area contributed by atoms with Gasteiger partial charge in [-0.25, -0.2) is 0 Å². The summed E-state index contributed by atoms with van der Waals surface area (Å²) in [5.41, 5.74) is 12.1. The van der Waals surface area contributed by atoms with Crippen molar-refractivity contribution >= 4 is 85.9 Å². The third-order valence-corrected chi connectivity index (χ3v) is 12.6. The first-order chi connectivity index (χ1) is 27.3. The summed E-state index contributed by atoms with van der Waals surface area (Å²) in [6.45, 7) is 0. The first-order valence-corrected chi connectivity index (χ1v) is 19.7. The van der Waals surface area contributed by atoms with Crippen molar-refractivity contribution in [1.82, 2.24) is 9.13 Å². The van der Waals surface area contributed by atoms with Gasteiger partial charge in [0.1, 0.15) is 0 Å². The molecule has 0 aliphatic carbocycles. The zero-order valence-electron chi connectivity index (χ0n) is 29.8. The van der Waals surface area contributed by atoms with Crippen LogP contribution >= 0.6 is 11.3 Å². The van der Waals surface area contributed by atoms with Crippen LogP contribution in [0.3, 0.4) is 0 Å². The minimum atomic E-state index is 1.16. The van der Waals surface area contributed by atoms with Gasteiger partial charge >= 0.3 is 0 Å². The number of para-hydroxylation sites is 1. The summed E-state index contributed by atoms with van der Waals surface area (Å²) in [4.78, 5) is 0. The Morgan fingerprint density at radius 3 is 1.75 bits per heavy atom. The summed E-state index contributed by atoms with van der Waals surface area (Å²) in [6.07, 6.45) is 0. The molecule has 3 aromatic heterocycles. The van der Waals surface area contributed by atoms with Crippen molar-refractivity contribution in [2.24, 2.45) is 0 Å². The summed E-state index contributed by atoms with van der Waals surface area (Å²) < 4.78 is 7.56. The molecule has 12 aromatic rings. The molecule has 0 saturated carbocycles. The van der Waals surface area contributed by atoms with E-state index in [1.54, 1.807) is 0 Å². The van der Waals surface area contributed by atoms with Gasteiger partial charge in [-0.1, -0.05) is 133 Å². The van der Waals surface area contributed by atoms with Crippen molar-refractivity contribution in [2.75, 3.05) is 0 Å². The Kier molecular flexibility index (Phi) is 6.54. The fourth-order valence-corrected chi connectivity index (χ4v) is 10.1. The molecular weight excluding hydrogens is 685 g/mol. The smallest absolute Gasteiger partial charge is 0.0634 e. The molecule has 0 N–H and O–H groups in total. The lowest BCUT2D eigenvalue weighted by molar-refractivity contribution is 1.19. The number of fused-ring (bicyclic) bond motifs is 11. The molecule has 0 amide bonds. The van der Waals surface area contributed by atoms with Crippen LogP contribution in [-0.2, 0) is 0 Å². The fourth-order valence-electron chi connectivity index (χ4n) is 9.01. The Hall–Kier alpha value is -6.94. The molecule has 0 bridgehead atoms. The van der Waals surface area contributed by atoms with Crippen molar-refractivity contribution in [3.8, 4) is 33.6 Å². The average Bonchev–Trinajstić information content (AvgIpc) is 3.91. The van der Waals surface area contributed by atoms with Crippen LogP contribution in [0.25, 0.3) is 108 Å². The average molecular weight is 717 g/mol. The highest BCUT2D eigenvalue weighted by Crippen LogP contribution is 2.44. The Morgan fingerprint density at radius 1 is 0.327 bits per heavy atom. The van der Waals surface area contributed by atoms with Crippen molar-refractivity contribution < 1.29 is 0 Å². The predicted octanol–water partition coefficient (Wildman–Crippen LogP) is 14.7. The van der Waals surface area contributed by atoms with E-state index in [1.807, 2.05) is 11.3 Å². The van der Waals surface area contributed by atoms with E-state index in [4.69, 9.17) is 0 Å². The third-order valence-electron chi connectivity index (χ3n) is 11.5. The lowest BCUT2D eigenvalue weighted by atomic mass is 10.00. The van der Waals surface area contributed by atoms with Gasteiger partial charge in [0.05, 0.1) is 27.8 Å². The summed E-state index contributed by atoms with van der Waals surface area (Å²) in [5, 5.41) is 10.2. The van der Waals surface area contributed by atoms with Crippen molar-refractivity contribution in [3.63, 3.8) is 0 Å². The van der Waals surface area contributed by atoms with Gasteiger partial charge in [-0.3, -0.25) is 0 Å². The highest BCUT2D eigenvalue weighted by molar-refractivity contribution is 7.26. The van der Waals surface area contributed by atoms with Gasteiger partial charge in [-0.2, -0.15) is 0 Å². The van der Waals surface area contributed by atoms with E-state index in [-0.39, 0.29) is 0 Å². The Bertz CT molecular complexity index is 3470. The molecule has 3 heterocycles. The second-order valence-electron chi connectivity index (χ2n) is 14.5. The Balaban J connectivity index is 1.09. The summed E-state index contributed by atoms with van der Waals surface area (Å²) >= 11 is 1.88. The Labute approximate surface area is 321 Å². The van der Waals surface area contributed by atoms with E-state index >= 15 is 0 Å². The predicted molar refractivity (Wildman–Crippen MR) is 236 cm³/mol. The van der Waals surface area contributed by atoms with Gasteiger partial charge in [0, 0.05) is 52.8 Å². The summed E-state index contributed by atoms with van der Waals surface area (Å²) in [5.74, 6) is 0. The molecular formula is C52H32N2S. The van der Waals surface area contributed by atoms with Gasteiger partial charge in [-0.05, 0) is 88.3 Å². The van der Waals surface area contributed by atoms with Crippen molar-refractivity contribution in [3.05, 3.63) is 194 Å². The first-order valence-electron chi connectivity index (χ1n) is 18.8. The summed E-state index contributed by atoms with van der Waals surface area (Å²) in [7, 11) is 0. The van der Waals surface area contributed by atoms with Gasteiger partial charge in [0.25, 0.3) is 0 Å². The normalized spacial score (nSPS) is 12.0. The van der Waals surface area contributed by atoms with E-state index in [1.165, 1.54) is 102 Å². The maximum atomic E-state index is 2.49. The first kappa shape index (κ1) is 30.5. The molecule has 0 unspecified atom stereocenters. The van der Waals surface area contributed by atoms with E-state index in [0.717, 1.165) is 5.69 Å². The number of aromatic nitrogens is 2. The minimum Gasteiger partial charge on any atom is -0.309 e. The van der Waals surface area contributed by atoms with Crippen LogP contribution < -0.4 is 0 Å². The highest BCUT2D eigenvalue weighted by Gasteiger charge is 2.20. The van der Waals surface area contributed by atoms with Gasteiger partial charge in [-0.15, -0.1) is 11.3 Å². The largest absolute Gasteiger partial charge is 0.309 e. The molecule has 2 nitrogen and oxygen atoms in total. The Morgan fingerprint density at radius 2 is 0.927 bits per heavy atom. The minimum absolute atomic E-state index is 1.16. The molecule has 55 heavy (non-hydrogen) atoms. The number of nitrogens with zero attached hydrogens (tertiary/aromatic N) is 2. The molecule has 0 aliphatic heterocycles. The quantitative estimate of drug-likeness (QED) is 0.172. The van der Waals surface area contributed by atoms with Crippen LogP contribution in [0.15, 0.2) is 194 Å². The monoisotopic (exact) mass is 716 g/mol. The van der Waals surface area contributed by atoms with Crippen LogP contribution in [0.2, 0.25) is 0 Å². The number of hydrogen-bond donors (Lipinski definition) is 0. The molecule has 0 spiro atoms. The lowest BCUT2D eigenvalue weighted by Crippen LogP contribution is -1.95. The van der Waals surface area contributed by atoms with Gasteiger partial charge in [0.2, 0.25) is 0 Å². The zero-order chi connectivity index (χ0) is 36.0.